The predicted octanol–water partition coefficient (Wildman–Crippen LogP) is 5.38. The molecule has 2 heterocycles. The van der Waals surface area contributed by atoms with E-state index in [0.29, 0.717) is 17.4 Å². The number of aromatic nitrogens is 2. The van der Waals surface area contributed by atoms with E-state index in [-0.39, 0.29) is 18.2 Å². The van der Waals surface area contributed by atoms with E-state index in [4.69, 9.17) is 4.74 Å². The predicted molar refractivity (Wildman–Crippen MR) is 179 cm³/mol. The van der Waals surface area contributed by atoms with E-state index in [1.165, 1.54) is 11.3 Å². The topological polar surface area (TPSA) is 146 Å². The van der Waals surface area contributed by atoms with E-state index < -0.39 is 17.2 Å². The number of unbranched alkanes of at least 4 members (excludes halogenated alkanes) is 1. The average Bonchev–Trinajstić information content (AvgIpc) is 3.42. The van der Waals surface area contributed by atoms with E-state index >= 15 is 0 Å². The molecule has 2 aromatic carbocycles. The number of hydrazine groups is 1. The lowest BCUT2D eigenvalue weighted by Gasteiger charge is -2.29. The average molecular weight is 646 g/mol. The number of alkyl carbamates (subject to hydrolysis) is 1. The molecule has 11 nitrogen and oxygen atoms in total. The van der Waals surface area contributed by atoms with Gasteiger partial charge < -0.3 is 26.1 Å². The van der Waals surface area contributed by atoms with Crippen molar-refractivity contribution in [2.24, 2.45) is 0 Å². The second-order valence-electron chi connectivity index (χ2n) is 12.6. The van der Waals surface area contributed by atoms with Crippen LogP contribution in [-0.4, -0.2) is 33.7 Å². The number of benzene rings is 2. The van der Waals surface area contributed by atoms with Crippen molar-refractivity contribution >= 4 is 34.4 Å². The Morgan fingerprint density at radius 1 is 0.804 bits per heavy atom. The lowest BCUT2D eigenvalue weighted by atomic mass is 9.92. The Morgan fingerprint density at radius 2 is 1.50 bits per heavy atom. The van der Waals surface area contributed by atoms with Crippen LogP contribution in [0.4, 0.5) is 9.93 Å². The molecule has 244 valence electrons. The number of allylic oxidation sites excluding steroid dienone is 3. The summed E-state index contributed by atoms with van der Waals surface area (Å²) in [5.41, 5.74) is 8.57. The van der Waals surface area contributed by atoms with Crippen molar-refractivity contribution in [2.45, 2.75) is 84.3 Å². The largest absolute Gasteiger partial charge is 0.444 e. The van der Waals surface area contributed by atoms with Crippen LogP contribution in [0.2, 0.25) is 0 Å². The molecule has 0 bridgehead atoms. The van der Waals surface area contributed by atoms with Gasteiger partial charge >= 0.3 is 6.09 Å². The molecule has 4 rings (SSSR count). The van der Waals surface area contributed by atoms with Crippen molar-refractivity contribution in [3.8, 4) is 0 Å². The second-order valence-corrected chi connectivity index (χ2v) is 13.7. The highest BCUT2D eigenvalue weighted by atomic mass is 32.1. The third-order valence-corrected chi connectivity index (χ3v) is 7.82. The number of rotatable bonds is 13. The Morgan fingerprint density at radius 3 is 2.22 bits per heavy atom. The minimum Gasteiger partial charge on any atom is -0.444 e. The van der Waals surface area contributed by atoms with Crippen LogP contribution in [-0.2, 0) is 39.1 Å². The van der Waals surface area contributed by atoms with Crippen LogP contribution in [0.15, 0.2) is 78.3 Å². The Balaban J connectivity index is 1.17. The standard InChI is InChI=1S/C34H43N7O4S/c1-33(2,3)45-32(44)37-34(4,5)25-15-11-14-24(20-25)22-28(42)35-27-19-18-26(38-39-27)16-9-10-17-30-40-41-31(46-30)36-29(43)21-23-12-7-6-8-13-23/h6-8,11-15,18-20,38-39H,9-10,16-17,21-22H2,1-5H3,(H,35,42)(H,37,44)(H,36,41,43). The van der Waals surface area contributed by atoms with Crippen molar-refractivity contribution in [1.82, 2.24) is 31.7 Å². The molecule has 5 N–H and O–H groups in total. The van der Waals surface area contributed by atoms with Gasteiger partial charge in [0.25, 0.3) is 0 Å². The van der Waals surface area contributed by atoms with Gasteiger partial charge in [0.2, 0.25) is 16.9 Å². The number of carbonyl (C=O) groups excluding carboxylic acids is 3. The fraction of sp³-hybridized carbons (Fsp3) is 0.382. The maximum absolute atomic E-state index is 12.8. The van der Waals surface area contributed by atoms with E-state index in [1.54, 1.807) is 0 Å². The van der Waals surface area contributed by atoms with Gasteiger partial charge in [-0.05, 0) is 82.7 Å². The summed E-state index contributed by atoms with van der Waals surface area (Å²) in [5.74, 6) is 0.288. The van der Waals surface area contributed by atoms with Gasteiger partial charge in [0.1, 0.15) is 16.4 Å². The molecular weight excluding hydrogens is 602 g/mol. The first kappa shape index (κ1) is 34.2. The number of nitrogens with one attached hydrogen (secondary N) is 5. The quantitative estimate of drug-likeness (QED) is 0.156. The lowest BCUT2D eigenvalue weighted by Crippen LogP contribution is -2.43. The molecule has 3 aromatic rings. The molecule has 3 amide bonds. The molecule has 0 unspecified atom stereocenters. The molecule has 1 aliphatic heterocycles. The minimum atomic E-state index is -0.687. The molecule has 1 aliphatic rings. The molecule has 0 aliphatic carbocycles. The first-order valence-corrected chi connectivity index (χ1v) is 16.2. The zero-order chi connectivity index (χ0) is 33.2. The Labute approximate surface area is 274 Å². The Bertz CT molecular complexity index is 1580. The van der Waals surface area contributed by atoms with Crippen LogP contribution in [0.5, 0.6) is 0 Å². The first-order chi connectivity index (χ1) is 21.8. The SMILES string of the molecule is CC(C)(C)OC(=O)NC(C)(C)c1cccc(CC(=O)NC2=CC=C(CCCCc3nnc(NC(=O)Cc4ccccc4)s3)NN2)c1. The van der Waals surface area contributed by atoms with Crippen molar-refractivity contribution in [2.75, 3.05) is 5.32 Å². The summed E-state index contributed by atoms with van der Waals surface area (Å²) in [6.07, 6.45) is 7.21. The number of aryl methyl sites for hydroxylation is 1. The summed E-state index contributed by atoms with van der Waals surface area (Å²) in [7, 11) is 0. The molecule has 0 spiro atoms. The second kappa shape index (κ2) is 15.5. The van der Waals surface area contributed by atoms with Crippen LogP contribution >= 0.6 is 11.3 Å². The van der Waals surface area contributed by atoms with Gasteiger partial charge in [-0.25, -0.2) is 4.79 Å². The number of nitrogens with zero attached hydrogens (tertiary/aromatic N) is 2. The van der Waals surface area contributed by atoms with Crippen molar-refractivity contribution in [3.63, 3.8) is 0 Å². The molecule has 0 atom stereocenters. The van der Waals surface area contributed by atoms with Gasteiger partial charge in [0.15, 0.2) is 0 Å². The number of anilines is 1. The minimum absolute atomic E-state index is 0.108. The van der Waals surface area contributed by atoms with Gasteiger partial charge in [0.05, 0.1) is 18.4 Å². The third-order valence-electron chi connectivity index (χ3n) is 6.92. The van der Waals surface area contributed by atoms with Gasteiger partial charge in [-0.15, -0.1) is 10.2 Å². The Kier molecular flexibility index (Phi) is 11.5. The highest BCUT2D eigenvalue weighted by Gasteiger charge is 2.26. The van der Waals surface area contributed by atoms with Crippen LogP contribution in [0.1, 0.15) is 75.6 Å². The maximum atomic E-state index is 12.8. The van der Waals surface area contributed by atoms with Crippen molar-refractivity contribution in [3.05, 3.63) is 100.0 Å². The molecule has 0 saturated heterocycles. The molecule has 0 radical (unpaired) electrons. The van der Waals surface area contributed by atoms with Crippen LogP contribution in [0.25, 0.3) is 0 Å². The number of hydrogen-bond acceptors (Lipinski definition) is 9. The smallest absolute Gasteiger partial charge is 0.408 e. The van der Waals surface area contributed by atoms with Gasteiger partial charge in [-0.3, -0.25) is 15.0 Å². The highest BCUT2D eigenvalue weighted by Crippen LogP contribution is 2.23. The number of carbonyl (C=O) groups is 3. The third kappa shape index (κ3) is 11.3. The van der Waals surface area contributed by atoms with Crippen molar-refractivity contribution < 1.29 is 19.1 Å². The van der Waals surface area contributed by atoms with E-state index in [0.717, 1.165) is 53.1 Å². The zero-order valence-corrected chi connectivity index (χ0v) is 27.8. The normalized spacial score (nSPS) is 13.0. The van der Waals surface area contributed by atoms with Gasteiger partial charge in [-0.1, -0.05) is 65.9 Å². The van der Waals surface area contributed by atoms with Crippen LogP contribution in [0.3, 0.4) is 0 Å². The van der Waals surface area contributed by atoms with Crippen LogP contribution in [0, 0.1) is 0 Å². The summed E-state index contributed by atoms with van der Waals surface area (Å²) in [6.45, 7) is 9.24. The molecule has 0 fully saturated rings. The molecule has 0 saturated carbocycles. The summed E-state index contributed by atoms with van der Waals surface area (Å²) in [5, 5.41) is 18.3. The first-order valence-electron chi connectivity index (χ1n) is 15.3. The molecule has 46 heavy (non-hydrogen) atoms. The maximum Gasteiger partial charge on any atom is 0.408 e. The Hall–Kier alpha value is -4.71. The van der Waals surface area contributed by atoms with E-state index in [2.05, 4.69) is 37.0 Å². The molecular formula is C34H43N7O4S. The number of hydrogen-bond donors (Lipinski definition) is 5. The van der Waals surface area contributed by atoms with Crippen LogP contribution < -0.4 is 26.8 Å². The fourth-order valence-corrected chi connectivity index (χ4v) is 5.45. The van der Waals surface area contributed by atoms with Gasteiger partial charge in [-0.2, -0.15) is 0 Å². The van der Waals surface area contributed by atoms with Gasteiger partial charge in [0, 0.05) is 12.1 Å². The zero-order valence-electron chi connectivity index (χ0n) is 27.0. The summed E-state index contributed by atoms with van der Waals surface area (Å²) in [6, 6.07) is 17.2. The molecule has 1 aromatic heterocycles. The number of ether oxygens (including phenoxy) is 1. The number of amides is 3. The summed E-state index contributed by atoms with van der Waals surface area (Å²) >= 11 is 1.40. The van der Waals surface area contributed by atoms with E-state index in [1.807, 2.05) is 101 Å². The molecule has 12 heteroatoms. The summed E-state index contributed by atoms with van der Waals surface area (Å²) < 4.78 is 5.40. The summed E-state index contributed by atoms with van der Waals surface area (Å²) in [4.78, 5) is 37.4. The monoisotopic (exact) mass is 645 g/mol. The fourth-order valence-electron chi connectivity index (χ4n) is 4.66. The van der Waals surface area contributed by atoms with Crippen molar-refractivity contribution in [1.29, 1.82) is 0 Å². The van der Waals surface area contributed by atoms with E-state index in [9.17, 15) is 14.4 Å². The lowest BCUT2D eigenvalue weighted by molar-refractivity contribution is -0.120. The highest BCUT2D eigenvalue weighted by molar-refractivity contribution is 7.15.